The Balaban J connectivity index is 1.43. The molecule has 0 aliphatic carbocycles. The average Bonchev–Trinajstić information content (AvgIpc) is 2.82. The predicted molar refractivity (Wildman–Crippen MR) is 134 cm³/mol. The highest BCUT2D eigenvalue weighted by Crippen LogP contribution is 2.23. The minimum atomic E-state index is -0.426. The third kappa shape index (κ3) is 5.53. The van der Waals surface area contributed by atoms with E-state index < -0.39 is 5.63 Å². The Morgan fingerprint density at radius 2 is 1.79 bits per heavy atom. The van der Waals surface area contributed by atoms with E-state index in [1.807, 2.05) is 48.5 Å². The van der Waals surface area contributed by atoms with Gasteiger partial charge in [0.1, 0.15) is 11.3 Å². The van der Waals surface area contributed by atoms with Gasteiger partial charge in [0.05, 0.1) is 12.7 Å². The van der Waals surface area contributed by atoms with Crippen molar-refractivity contribution in [2.75, 3.05) is 12.4 Å². The summed E-state index contributed by atoms with van der Waals surface area (Å²) < 4.78 is 10.5. The first-order valence-electron chi connectivity index (χ1n) is 10.1. The molecule has 4 aromatic rings. The highest BCUT2D eigenvalue weighted by molar-refractivity contribution is 7.80. The highest BCUT2D eigenvalue weighted by atomic mass is 32.1. The van der Waals surface area contributed by atoms with Gasteiger partial charge >= 0.3 is 5.63 Å². The molecule has 3 aromatic carbocycles. The van der Waals surface area contributed by atoms with Crippen molar-refractivity contribution in [1.29, 1.82) is 0 Å². The van der Waals surface area contributed by atoms with Crippen molar-refractivity contribution in [1.82, 2.24) is 5.32 Å². The first-order chi connectivity index (χ1) is 16.0. The molecule has 0 aliphatic heterocycles. The second-order valence-corrected chi connectivity index (χ2v) is 7.52. The molecular formula is C26H20N2O4S. The van der Waals surface area contributed by atoms with Gasteiger partial charge in [-0.2, -0.15) is 0 Å². The van der Waals surface area contributed by atoms with Gasteiger partial charge in [-0.25, -0.2) is 4.79 Å². The van der Waals surface area contributed by atoms with Crippen LogP contribution < -0.4 is 21.0 Å². The lowest BCUT2D eigenvalue weighted by Crippen LogP contribution is -2.32. The van der Waals surface area contributed by atoms with Gasteiger partial charge in [-0.05, 0) is 65.8 Å². The second kappa shape index (κ2) is 9.93. The van der Waals surface area contributed by atoms with Crippen LogP contribution in [0.25, 0.3) is 28.2 Å². The zero-order valence-electron chi connectivity index (χ0n) is 17.7. The maximum atomic E-state index is 12.5. The van der Waals surface area contributed by atoms with E-state index in [4.69, 9.17) is 21.4 Å². The Morgan fingerprint density at radius 3 is 2.58 bits per heavy atom. The molecule has 164 valence electrons. The fraction of sp³-hybridized carbons (Fsp3) is 0.0385. The first kappa shape index (κ1) is 22.0. The minimum absolute atomic E-state index is 0.141. The lowest BCUT2D eigenvalue weighted by atomic mass is 10.1. The summed E-state index contributed by atoms with van der Waals surface area (Å²) in [5.74, 6) is 0.375. The number of anilines is 1. The van der Waals surface area contributed by atoms with Gasteiger partial charge < -0.3 is 14.5 Å². The van der Waals surface area contributed by atoms with E-state index in [9.17, 15) is 9.59 Å². The van der Waals surface area contributed by atoms with Crippen LogP contribution in [0.15, 0.2) is 94.2 Å². The largest absolute Gasteiger partial charge is 0.497 e. The summed E-state index contributed by atoms with van der Waals surface area (Å²) in [4.78, 5) is 24.6. The Labute approximate surface area is 195 Å². The van der Waals surface area contributed by atoms with Crippen LogP contribution in [0.5, 0.6) is 5.75 Å². The van der Waals surface area contributed by atoms with Crippen LogP contribution in [-0.2, 0) is 4.79 Å². The molecule has 0 unspecified atom stereocenters. The standard InChI is InChI=1S/C26H20N2O4S/c1-31-21-12-9-17(10-13-21)11-14-24(29)28-26(33)27-20-7-4-6-18(15-20)22-16-19-5-2-3-8-23(19)32-25(22)30/h2-16H,1H3,(H2,27,28,29,33). The van der Waals surface area contributed by atoms with Gasteiger partial charge in [0.25, 0.3) is 0 Å². The second-order valence-electron chi connectivity index (χ2n) is 7.12. The van der Waals surface area contributed by atoms with Gasteiger partial charge in [0, 0.05) is 17.1 Å². The van der Waals surface area contributed by atoms with Gasteiger partial charge in [-0.3, -0.25) is 10.1 Å². The Morgan fingerprint density at radius 1 is 1.00 bits per heavy atom. The normalized spacial score (nSPS) is 10.8. The van der Waals surface area contributed by atoms with Crippen molar-refractivity contribution in [3.05, 3.63) is 101 Å². The number of thiocarbonyl (C=S) groups is 1. The Hall–Kier alpha value is -4.23. The summed E-state index contributed by atoms with van der Waals surface area (Å²) in [6.45, 7) is 0. The number of rotatable bonds is 5. The zero-order chi connectivity index (χ0) is 23.2. The molecule has 2 N–H and O–H groups in total. The van der Waals surface area contributed by atoms with E-state index >= 15 is 0 Å². The number of carbonyl (C=O) groups is 1. The number of fused-ring (bicyclic) bond motifs is 1. The van der Waals surface area contributed by atoms with Crippen LogP contribution in [0.2, 0.25) is 0 Å². The van der Waals surface area contributed by atoms with Crippen molar-refractivity contribution in [3.8, 4) is 16.9 Å². The van der Waals surface area contributed by atoms with Gasteiger partial charge in [-0.15, -0.1) is 0 Å². The van der Waals surface area contributed by atoms with Gasteiger partial charge in [-0.1, -0.05) is 42.5 Å². The molecule has 0 aliphatic rings. The molecule has 1 amide bonds. The van der Waals surface area contributed by atoms with E-state index in [1.54, 1.807) is 43.5 Å². The fourth-order valence-electron chi connectivity index (χ4n) is 3.23. The van der Waals surface area contributed by atoms with Crippen LogP contribution in [-0.4, -0.2) is 18.1 Å². The highest BCUT2D eigenvalue weighted by Gasteiger charge is 2.09. The van der Waals surface area contributed by atoms with Crippen molar-refractivity contribution >= 4 is 46.0 Å². The number of nitrogens with one attached hydrogen (secondary N) is 2. The third-order valence-corrected chi connectivity index (χ3v) is 5.06. The molecule has 0 bridgehead atoms. The zero-order valence-corrected chi connectivity index (χ0v) is 18.5. The number of methoxy groups -OCH3 is 1. The van der Waals surface area contributed by atoms with Gasteiger partial charge in [0.15, 0.2) is 5.11 Å². The van der Waals surface area contributed by atoms with Gasteiger partial charge in [0.2, 0.25) is 5.91 Å². The number of benzene rings is 3. The number of hydrogen-bond donors (Lipinski definition) is 2. The Bertz CT molecular complexity index is 1410. The predicted octanol–water partition coefficient (Wildman–Crippen LogP) is 5.00. The molecule has 7 heteroatoms. The van der Waals surface area contributed by atoms with E-state index in [-0.39, 0.29) is 11.0 Å². The Kier molecular flexibility index (Phi) is 6.61. The summed E-state index contributed by atoms with van der Waals surface area (Å²) in [6, 6.07) is 23.6. The van der Waals surface area contributed by atoms with Crippen molar-refractivity contribution in [2.45, 2.75) is 0 Å². The maximum Gasteiger partial charge on any atom is 0.344 e. The van der Waals surface area contributed by atoms with E-state index in [0.717, 1.165) is 16.7 Å². The molecule has 6 nitrogen and oxygen atoms in total. The summed E-state index contributed by atoms with van der Waals surface area (Å²) in [5, 5.41) is 6.55. The first-order valence-corrected chi connectivity index (χ1v) is 10.5. The molecule has 0 saturated heterocycles. The molecule has 0 spiro atoms. The molecule has 1 aromatic heterocycles. The quantitative estimate of drug-likeness (QED) is 0.250. The summed E-state index contributed by atoms with van der Waals surface area (Å²) in [5.41, 5.74) is 2.71. The SMILES string of the molecule is COc1ccc(C=CC(=O)NC(=S)Nc2cccc(-c3cc4ccccc4oc3=O)c2)cc1. The summed E-state index contributed by atoms with van der Waals surface area (Å²) in [7, 11) is 1.60. The third-order valence-electron chi connectivity index (χ3n) is 4.85. The smallest absolute Gasteiger partial charge is 0.344 e. The molecular weight excluding hydrogens is 436 g/mol. The molecule has 0 atom stereocenters. The lowest BCUT2D eigenvalue weighted by Gasteiger charge is -2.10. The topological polar surface area (TPSA) is 80.6 Å². The fourth-order valence-corrected chi connectivity index (χ4v) is 3.45. The molecule has 4 rings (SSSR count). The number of hydrogen-bond acceptors (Lipinski definition) is 5. The molecule has 1 heterocycles. The van der Waals surface area contributed by atoms with E-state index in [0.29, 0.717) is 22.4 Å². The number of para-hydroxylation sites is 1. The van der Waals surface area contributed by atoms with Crippen LogP contribution in [0.3, 0.4) is 0 Å². The van der Waals surface area contributed by atoms with Crippen molar-refractivity contribution in [2.24, 2.45) is 0 Å². The monoisotopic (exact) mass is 456 g/mol. The number of amides is 1. The molecule has 33 heavy (non-hydrogen) atoms. The van der Waals surface area contributed by atoms with Crippen LogP contribution in [0, 0.1) is 0 Å². The van der Waals surface area contributed by atoms with E-state index in [2.05, 4.69) is 10.6 Å². The minimum Gasteiger partial charge on any atom is -0.497 e. The van der Waals surface area contributed by atoms with Crippen LogP contribution in [0.4, 0.5) is 5.69 Å². The average molecular weight is 457 g/mol. The summed E-state index contributed by atoms with van der Waals surface area (Å²) >= 11 is 5.25. The van der Waals surface area contributed by atoms with Crippen LogP contribution >= 0.6 is 12.2 Å². The summed E-state index contributed by atoms with van der Waals surface area (Å²) in [6.07, 6.45) is 3.07. The number of carbonyl (C=O) groups excluding carboxylic acids is 1. The lowest BCUT2D eigenvalue weighted by molar-refractivity contribution is -0.115. The van der Waals surface area contributed by atoms with Crippen molar-refractivity contribution < 1.29 is 13.9 Å². The van der Waals surface area contributed by atoms with Crippen LogP contribution in [0.1, 0.15) is 5.56 Å². The molecule has 0 fully saturated rings. The van der Waals surface area contributed by atoms with E-state index in [1.165, 1.54) is 6.08 Å². The molecule has 0 radical (unpaired) electrons. The maximum absolute atomic E-state index is 12.5. The van der Waals surface area contributed by atoms with Crippen molar-refractivity contribution in [3.63, 3.8) is 0 Å². The number of ether oxygens (including phenoxy) is 1. The molecule has 0 saturated carbocycles.